The van der Waals surface area contributed by atoms with Gasteiger partial charge in [-0.3, -0.25) is 4.79 Å². The molecule has 5 heteroatoms. The number of benzene rings is 1. The molecule has 0 N–H and O–H groups in total. The number of carbonyl (C=O) groups excluding carboxylic acids is 1. The zero-order valence-electron chi connectivity index (χ0n) is 11.2. The second kappa shape index (κ2) is 5.48. The van der Waals surface area contributed by atoms with Gasteiger partial charge in [0.1, 0.15) is 0 Å². The van der Waals surface area contributed by atoms with Crippen molar-refractivity contribution in [2.45, 2.75) is 19.3 Å². The Labute approximate surface area is 112 Å². The summed E-state index contributed by atoms with van der Waals surface area (Å²) in [6.07, 6.45) is 0. The Bertz CT molecular complexity index is 455. The van der Waals surface area contributed by atoms with Gasteiger partial charge in [-0.1, -0.05) is 11.6 Å². The maximum atomic E-state index is 11.8. The first-order valence-corrected chi connectivity index (χ1v) is 5.76. The predicted molar refractivity (Wildman–Crippen MR) is 69.6 cm³/mol. The summed E-state index contributed by atoms with van der Waals surface area (Å²) in [4.78, 5) is 11.8. The Hall–Kier alpha value is -1.42. The van der Waals surface area contributed by atoms with E-state index in [1.165, 1.54) is 21.3 Å². The topological polar surface area (TPSA) is 44.8 Å². The minimum atomic E-state index is -0.856. The number of halogens is 1. The average Bonchev–Trinajstić information content (AvgIpc) is 2.36. The number of rotatable bonds is 4. The maximum absolute atomic E-state index is 11.8. The second-order valence-corrected chi connectivity index (χ2v) is 4.71. The Kier molecular flexibility index (Phi) is 4.46. The lowest BCUT2D eigenvalue weighted by atomic mass is 9.84. The summed E-state index contributed by atoms with van der Waals surface area (Å²) in [5, 5.41) is 0.433. The Morgan fingerprint density at radius 3 is 2.06 bits per heavy atom. The van der Waals surface area contributed by atoms with E-state index < -0.39 is 5.41 Å². The van der Waals surface area contributed by atoms with Gasteiger partial charge in [0.2, 0.25) is 0 Å². The smallest absolute Gasteiger partial charge is 0.315 e. The number of carbonyl (C=O) groups is 1. The maximum Gasteiger partial charge on any atom is 0.315 e. The van der Waals surface area contributed by atoms with E-state index in [1.54, 1.807) is 26.0 Å². The molecule has 0 atom stereocenters. The second-order valence-electron chi connectivity index (χ2n) is 4.30. The molecule has 1 aromatic rings. The highest BCUT2D eigenvalue weighted by molar-refractivity contribution is 6.32. The van der Waals surface area contributed by atoms with Crippen molar-refractivity contribution in [1.82, 2.24) is 0 Å². The van der Waals surface area contributed by atoms with E-state index >= 15 is 0 Å². The van der Waals surface area contributed by atoms with Gasteiger partial charge in [0.15, 0.2) is 11.5 Å². The predicted octanol–water partition coefficient (Wildman–Crippen LogP) is 2.81. The van der Waals surface area contributed by atoms with E-state index in [2.05, 4.69) is 0 Å². The van der Waals surface area contributed by atoms with Crippen molar-refractivity contribution in [3.63, 3.8) is 0 Å². The van der Waals surface area contributed by atoms with Crippen molar-refractivity contribution < 1.29 is 19.0 Å². The monoisotopic (exact) mass is 272 g/mol. The van der Waals surface area contributed by atoms with E-state index in [9.17, 15) is 4.79 Å². The molecule has 0 aliphatic heterocycles. The first kappa shape index (κ1) is 14.6. The van der Waals surface area contributed by atoms with Crippen LogP contribution in [0.4, 0.5) is 0 Å². The molecule has 1 rings (SSSR count). The fourth-order valence-corrected chi connectivity index (χ4v) is 2.09. The summed E-state index contributed by atoms with van der Waals surface area (Å²) in [5.74, 6) is 0.678. The van der Waals surface area contributed by atoms with E-state index in [1.807, 2.05) is 0 Å². The largest absolute Gasteiger partial charge is 0.493 e. The number of esters is 1. The van der Waals surface area contributed by atoms with E-state index in [4.69, 9.17) is 25.8 Å². The lowest BCUT2D eigenvalue weighted by Crippen LogP contribution is -2.30. The molecule has 4 nitrogen and oxygen atoms in total. The lowest BCUT2D eigenvalue weighted by molar-refractivity contribution is -0.146. The molecule has 0 aliphatic carbocycles. The fourth-order valence-electron chi connectivity index (χ4n) is 1.70. The molecule has 0 spiro atoms. The standard InChI is InChI=1S/C13H17ClO4/c1-13(2,12(15)18-5)8-6-10(16-3)11(17-4)7-9(8)14/h6-7H,1-5H3. The molecule has 0 radical (unpaired) electrons. The van der Waals surface area contributed by atoms with Crippen LogP contribution in [0.15, 0.2) is 12.1 Å². The first-order valence-electron chi connectivity index (χ1n) is 5.38. The van der Waals surface area contributed by atoms with Crippen molar-refractivity contribution in [2.24, 2.45) is 0 Å². The van der Waals surface area contributed by atoms with Gasteiger partial charge in [-0.15, -0.1) is 0 Å². The Morgan fingerprint density at radius 2 is 1.61 bits per heavy atom. The first-order chi connectivity index (χ1) is 8.38. The van der Waals surface area contributed by atoms with Crippen molar-refractivity contribution in [3.8, 4) is 11.5 Å². The van der Waals surface area contributed by atoms with Gasteiger partial charge in [-0.05, 0) is 25.5 Å². The molecule has 0 saturated heterocycles. The molecule has 0 aromatic heterocycles. The number of hydrogen-bond donors (Lipinski definition) is 0. The Morgan fingerprint density at radius 1 is 1.11 bits per heavy atom. The van der Waals surface area contributed by atoms with E-state index in [0.717, 1.165) is 0 Å². The molecular formula is C13H17ClO4. The minimum Gasteiger partial charge on any atom is -0.493 e. The van der Waals surface area contributed by atoms with Crippen molar-refractivity contribution in [1.29, 1.82) is 0 Å². The van der Waals surface area contributed by atoms with Crippen LogP contribution in [0.3, 0.4) is 0 Å². The summed E-state index contributed by atoms with van der Waals surface area (Å²) in [7, 11) is 4.40. The molecule has 0 fully saturated rings. The normalized spacial score (nSPS) is 11.0. The zero-order valence-corrected chi connectivity index (χ0v) is 11.9. The minimum absolute atomic E-state index is 0.364. The van der Waals surface area contributed by atoms with Crippen LogP contribution in [-0.4, -0.2) is 27.3 Å². The van der Waals surface area contributed by atoms with Crippen LogP contribution < -0.4 is 9.47 Å². The van der Waals surface area contributed by atoms with E-state index in [-0.39, 0.29) is 5.97 Å². The molecule has 0 saturated carbocycles. The summed E-state index contributed by atoms with van der Waals surface area (Å²) in [6.45, 7) is 3.48. The summed E-state index contributed by atoms with van der Waals surface area (Å²) in [5.41, 5.74) is -0.223. The molecule has 1 aromatic carbocycles. The quantitative estimate of drug-likeness (QED) is 0.791. The molecule has 18 heavy (non-hydrogen) atoms. The summed E-state index contributed by atoms with van der Waals surface area (Å²) in [6, 6.07) is 3.32. The van der Waals surface area contributed by atoms with Crippen molar-refractivity contribution >= 4 is 17.6 Å². The molecule has 0 unspecified atom stereocenters. The molecule has 0 amide bonds. The highest BCUT2D eigenvalue weighted by atomic mass is 35.5. The van der Waals surface area contributed by atoms with Crippen LogP contribution in [0, 0.1) is 0 Å². The van der Waals surface area contributed by atoms with Crippen LogP contribution in [0.2, 0.25) is 5.02 Å². The number of ether oxygens (including phenoxy) is 3. The van der Waals surface area contributed by atoms with Crippen molar-refractivity contribution in [3.05, 3.63) is 22.7 Å². The van der Waals surface area contributed by atoms with Crippen LogP contribution in [0.25, 0.3) is 0 Å². The van der Waals surface area contributed by atoms with Crippen LogP contribution in [0.5, 0.6) is 11.5 Å². The number of hydrogen-bond acceptors (Lipinski definition) is 4. The lowest BCUT2D eigenvalue weighted by Gasteiger charge is -2.24. The molecule has 100 valence electrons. The van der Waals surface area contributed by atoms with Gasteiger partial charge in [0, 0.05) is 11.1 Å². The molecule has 0 aliphatic rings. The molecule has 0 heterocycles. The van der Waals surface area contributed by atoms with Gasteiger partial charge in [-0.2, -0.15) is 0 Å². The fraction of sp³-hybridized carbons (Fsp3) is 0.462. The van der Waals surface area contributed by atoms with Gasteiger partial charge in [-0.25, -0.2) is 0 Å². The van der Waals surface area contributed by atoms with Gasteiger partial charge in [0.25, 0.3) is 0 Å². The van der Waals surface area contributed by atoms with Gasteiger partial charge in [0.05, 0.1) is 26.7 Å². The molecular weight excluding hydrogens is 256 g/mol. The third-order valence-electron chi connectivity index (χ3n) is 2.84. The van der Waals surface area contributed by atoms with Crippen molar-refractivity contribution in [2.75, 3.05) is 21.3 Å². The van der Waals surface area contributed by atoms with Crippen LogP contribution >= 0.6 is 11.6 Å². The third kappa shape index (κ3) is 2.53. The van der Waals surface area contributed by atoms with E-state index in [0.29, 0.717) is 22.1 Å². The highest BCUT2D eigenvalue weighted by Crippen LogP contribution is 2.39. The summed E-state index contributed by atoms with van der Waals surface area (Å²) < 4.78 is 15.1. The summed E-state index contributed by atoms with van der Waals surface area (Å²) >= 11 is 6.18. The average molecular weight is 273 g/mol. The third-order valence-corrected chi connectivity index (χ3v) is 3.15. The molecule has 0 bridgehead atoms. The SMILES string of the molecule is COC(=O)C(C)(C)c1cc(OC)c(OC)cc1Cl. The Balaban J connectivity index is 3.37. The van der Waals surface area contributed by atoms with Crippen LogP contribution in [-0.2, 0) is 14.9 Å². The number of methoxy groups -OCH3 is 3. The van der Waals surface area contributed by atoms with Gasteiger partial charge < -0.3 is 14.2 Å². The zero-order chi connectivity index (χ0) is 13.9. The van der Waals surface area contributed by atoms with Gasteiger partial charge >= 0.3 is 5.97 Å². The highest BCUT2D eigenvalue weighted by Gasteiger charge is 2.34. The van der Waals surface area contributed by atoms with Crippen LogP contribution in [0.1, 0.15) is 19.4 Å².